The van der Waals surface area contributed by atoms with Crippen LogP contribution in [0.4, 0.5) is 0 Å². The van der Waals surface area contributed by atoms with Gasteiger partial charge in [-0.25, -0.2) is 0 Å². The highest BCUT2D eigenvalue weighted by atomic mass is 16.5. The number of benzene rings is 1. The molecule has 0 saturated carbocycles. The molecule has 0 radical (unpaired) electrons. The Morgan fingerprint density at radius 2 is 1.93 bits per heavy atom. The van der Waals surface area contributed by atoms with Gasteiger partial charge in [0.05, 0.1) is 7.11 Å². The van der Waals surface area contributed by atoms with Crippen molar-refractivity contribution in [2.45, 2.75) is 32.6 Å². The summed E-state index contributed by atoms with van der Waals surface area (Å²) in [6.07, 6.45) is 5.43. The summed E-state index contributed by atoms with van der Waals surface area (Å²) in [6, 6.07) is 4.44. The molecule has 0 aromatic heterocycles. The molecule has 1 nitrogen and oxygen atoms in total. The summed E-state index contributed by atoms with van der Waals surface area (Å²) in [5, 5.41) is 0. The van der Waals surface area contributed by atoms with E-state index in [0.29, 0.717) is 0 Å². The van der Waals surface area contributed by atoms with Crippen molar-refractivity contribution in [1.82, 2.24) is 0 Å². The van der Waals surface area contributed by atoms with E-state index >= 15 is 0 Å². The third kappa shape index (κ3) is 1.79. The lowest BCUT2D eigenvalue weighted by Gasteiger charge is -2.23. The summed E-state index contributed by atoms with van der Waals surface area (Å²) in [6.45, 7) is 6.67. The minimum absolute atomic E-state index is 0.142. The molecule has 0 bridgehead atoms. The summed E-state index contributed by atoms with van der Waals surface area (Å²) in [5.74, 6) is 1.01. The Bertz CT molecular complexity index is 408. The van der Waals surface area contributed by atoms with Gasteiger partial charge in [0.15, 0.2) is 0 Å². The first-order valence-electron chi connectivity index (χ1n) is 5.40. The third-order valence-electron chi connectivity index (χ3n) is 2.90. The predicted molar refractivity (Wildman–Crippen MR) is 64.4 cm³/mol. The average Bonchev–Trinajstić information content (AvgIpc) is 2.60. The van der Waals surface area contributed by atoms with Crippen LogP contribution in [0.3, 0.4) is 0 Å². The second-order valence-corrected chi connectivity index (χ2v) is 5.11. The minimum Gasteiger partial charge on any atom is -0.496 e. The van der Waals surface area contributed by atoms with Crippen molar-refractivity contribution in [2.75, 3.05) is 7.11 Å². The zero-order chi connectivity index (χ0) is 11.1. The van der Waals surface area contributed by atoms with Crippen LogP contribution < -0.4 is 4.74 Å². The van der Waals surface area contributed by atoms with E-state index in [2.05, 4.69) is 45.1 Å². The fraction of sp³-hybridized carbons (Fsp3) is 0.429. The number of rotatable bonds is 1. The molecule has 0 atom stereocenters. The summed E-state index contributed by atoms with van der Waals surface area (Å²) in [4.78, 5) is 0. The fourth-order valence-electron chi connectivity index (χ4n) is 2.04. The molecule has 2 rings (SSSR count). The number of ether oxygens (including phenoxy) is 1. The molecule has 0 fully saturated rings. The van der Waals surface area contributed by atoms with Crippen molar-refractivity contribution in [3.05, 3.63) is 34.9 Å². The quantitative estimate of drug-likeness (QED) is 0.676. The summed E-state index contributed by atoms with van der Waals surface area (Å²) in [5.41, 5.74) is 4.16. The Morgan fingerprint density at radius 1 is 1.20 bits per heavy atom. The summed E-state index contributed by atoms with van der Waals surface area (Å²) in [7, 11) is 1.75. The van der Waals surface area contributed by atoms with Crippen molar-refractivity contribution in [3.63, 3.8) is 0 Å². The topological polar surface area (TPSA) is 9.23 Å². The first-order chi connectivity index (χ1) is 7.02. The molecule has 0 unspecified atom stereocenters. The standard InChI is InChI=1S/C14H18O/c1-14(2,3)12-8-10-6-5-7-11(10)9-13(12)15-4/h5,7-9H,6H2,1-4H3. The molecular formula is C14H18O. The predicted octanol–water partition coefficient (Wildman–Crippen LogP) is 3.56. The van der Waals surface area contributed by atoms with Gasteiger partial charge < -0.3 is 4.74 Å². The monoisotopic (exact) mass is 202 g/mol. The first-order valence-corrected chi connectivity index (χ1v) is 5.40. The maximum atomic E-state index is 5.46. The van der Waals surface area contributed by atoms with Crippen LogP contribution in [0, 0.1) is 0 Å². The highest BCUT2D eigenvalue weighted by Crippen LogP contribution is 2.35. The molecule has 1 aromatic rings. The highest BCUT2D eigenvalue weighted by Gasteiger charge is 2.21. The van der Waals surface area contributed by atoms with E-state index in [1.165, 1.54) is 16.7 Å². The number of hydrogen-bond donors (Lipinski definition) is 0. The Kier molecular flexibility index (Phi) is 2.34. The Labute approximate surface area is 91.8 Å². The number of hydrogen-bond acceptors (Lipinski definition) is 1. The van der Waals surface area contributed by atoms with Crippen LogP contribution >= 0.6 is 0 Å². The molecule has 0 heterocycles. The smallest absolute Gasteiger partial charge is 0.123 e. The largest absolute Gasteiger partial charge is 0.496 e. The minimum atomic E-state index is 0.142. The molecule has 0 amide bonds. The van der Waals surface area contributed by atoms with Gasteiger partial charge in [0.2, 0.25) is 0 Å². The molecule has 0 saturated heterocycles. The maximum absolute atomic E-state index is 5.46. The molecule has 1 aromatic carbocycles. The van der Waals surface area contributed by atoms with Crippen molar-refractivity contribution in [2.24, 2.45) is 0 Å². The first kappa shape index (κ1) is 10.3. The Hall–Kier alpha value is -1.24. The van der Waals surface area contributed by atoms with E-state index < -0.39 is 0 Å². The summed E-state index contributed by atoms with van der Waals surface area (Å²) < 4.78 is 5.46. The lowest BCUT2D eigenvalue weighted by Crippen LogP contribution is -2.13. The highest BCUT2D eigenvalue weighted by molar-refractivity contribution is 5.64. The van der Waals surface area contributed by atoms with E-state index in [1.807, 2.05) is 0 Å². The second-order valence-electron chi connectivity index (χ2n) is 5.11. The number of methoxy groups -OCH3 is 1. The van der Waals surface area contributed by atoms with Crippen molar-refractivity contribution < 1.29 is 4.74 Å². The van der Waals surface area contributed by atoms with Gasteiger partial charge in [-0.2, -0.15) is 0 Å². The normalized spacial score (nSPS) is 14.1. The van der Waals surface area contributed by atoms with E-state index in [1.54, 1.807) is 7.11 Å². The van der Waals surface area contributed by atoms with Crippen LogP contribution in [0.1, 0.15) is 37.5 Å². The van der Waals surface area contributed by atoms with Crippen LogP contribution in [0.5, 0.6) is 5.75 Å². The van der Waals surface area contributed by atoms with Crippen molar-refractivity contribution in [1.29, 1.82) is 0 Å². The summed E-state index contributed by atoms with van der Waals surface area (Å²) >= 11 is 0. The van der Waals surface area contributed by atoms with Crippen molar-refractivity contribution in [3.8, 4) is 5.75 Å². The zero-order valence-corrected chi connectivity index (χ0v) is 9.92. The van der Waals surface area contributed by atoms with Gasteiger partial charge in [-0.3, -0.25) is 0 Å². The molecule has 0 N–H and O–H groups in total. The average molecular weight is 202 g/mol. The van der Waals surface area contributed by atoms with E-state index in [-0.39, 0.29) is 5.41 Å². The van der Waals surface area contributed by atoms with Crippen LogP contribution in [-0.4, -0.2) is 7.11 Å². The molecule has 15 heavy (non-hydrogen) atoms. The van der Waals surface area contributed by atoms with E-state index in [4.69, 9.17) is 4.74 Å². The SMILES string of the molecule is COc1cc2c(cc1C(C)(C)C)CC=C2. The molecule has 80 valence electrons. The maximum Gasteiger partial charge on any atom is 0.123 e. The molecule has 1 aliphatic rings. The number of fused-ring (bicyclic) bond motifs is 1. The van der Waals surface area contributed by atoms with Gasteiger partial charge >= 0.3 is 0 Å². The molecule has 0 spiro atoms. The van der Waals surface area contributed by atoms with E-state index in [9.17, 15) is 0 Å². The Morgan fingerprint density at radius 3 is 2.53 bits per heavy atom. The van der Waals surface area contributed by atoms with Crippen LogP contribution in [0.2, 0.25) is 0 Å². The number of allylic oxidation sites excluding steroid dienone is 1. The van der Waals surface area contributed by atoms with Gasteiger partial charge in [-0.1, -0.05) is 39.0 Å². The van der Waals surface area contributed by atoms with E-state index in [0.717, 1.165) is 12.2 Å². The molecule has 1 aliphatic carbocycles. The van der Waals surface area contributed by atoms with Crippen LogP contribution in [-0.2, 0) is 11.8 Å². The molecular weight excluding hydrogens is 184 g/mol. The fourth-order valence-corrected chi connectivity index (χ4v) is 2.04. The van der Waals surface area contributed by atoms with Gasteiger partial charge in [0.1, 0.15) is 5.75 Å². The molecule has 1 heteroatoms. The van der Waals surface area contributed by atoms with Crippen molar-refractivity contribution >= 4 is 6.08 Å². The van der Waals surface area contributed by atoms with Gasteiger partial charge in [0, 0.05) is 0 Å². The van der Waals surface area contributed by atoms with Gasteiger partial charge in [-0.05, 0) is 34.6 Å². The third-order valence-corrected chi connectivity index (χ3v) is 2.90. The lowest BCUT2D eigenvalue weighted by atomic mass is 9.84. The zero-order valence-electron chi connectivity index (χ0n) is 9.92. The second kappa shape index (κ2) is 3.41. The lowest BCUT2D eigenvalue weighted by molar-refractivity contribution is 0.397. The molecule has 0 aliphatic heterocycles. The van der Waals surface area contributed by atoms with Crippen LogP contribution in [0.15, 0.2) is 18.2 Å². The Balaban J connectivity index is 2.57. The van der Waals surface area contributed by atoms with Gasteiger partial charge in [-0.15, -0.1) is 0 Å². The van der Waals surface area contributed by atoms with Crippen LogP contribution in [0.25, 0.3) is 6.08 Å². The van der Waals surface area contributed by atoms with Gasteiger partial charge in [0.25, 0.3) is 0 Å².